The summed E-state index contributed by atoms with van der Waals surface area (Å²) in [7, 11) is 0. The van der Waals surface area contributed by atoms with E-state index in [4.69, 9.17) is 12.5 Å². The normalized spacial score (nSPS) is 14.2. The Hall–Kier alpha value is -8.11. The monoisotopic (exact) mass is 945 g/mol. The van der Waals surface area contributed by atoms with Gasteiger partial charge in [0.25, 0.3) is 11.4 Å². The lowest BCUT2D eigenvalue weighted by atomic mass is 9.78. The van der Waals surface area contributed by atoms with Crippen molar-refractivity contribution in [1.29, 1.82) is 0 Å². The molecular weight excluding hydrogens is 877 g/mol. The molecule has 2 aromatic heterocycles. The second-order valence-corrected chi connectivity index (χ2v) is 21.7. The summed E-state index contributed by atoms with van der Waals surface area (Å²) in [4.78, 5) is 4.80. The van der Waals surface area contributed by atoms with Crippen LogP contribution in [0.3, 0.4) is 0 Å². The maximum Gasteiger partial charge on any atom is 0.503 e. The van der Waals surface area contributed by atoms with Crippen molar-refractivity contribution in [3.05, 3.63) is 217 Å². The van der Waals surface area contributed by atoms with Crippen molar-refractivity contribution in [1.82, 2.24) is 18.7 Å². The van der Waals surface area contributed by atoms with Gasteiger partial charge in [0.05, 0.1) is 33.7 Å². The second kappa shape index (κ2) is 17.9. The quantitative estimate of drug-likeness (QED) is 0.135. The molecule has 0 aliphatic carbocycles. The molecule has 5 heteroatoms. The third-order valence-electron chi connectivity index (χ3n) is 13.1. The number of nitrogens with zero attached hydrogens (tertiary/aromatic N) is 4. The summed E-state index contributed by atoms with van der Waals surface area (Å²) in [5.74, 6) is 1.78. The Balaban J connectivity index is 1.10. The van der Waals surface area contributed by atoms with E-state index >= 15 is 0 Å². The van der Waals surface area contributed by atoms with Crippen molar-refractivity contribution < 1.29 is 13.0 Å². The van der Waals surface area contributed by atoms with E-state index in [0.29, 0.717) is 50.8 Å². The van der Waals surface area contributed by atoms with Crippen LogP contribution in [0.25, 0.3) is 61.0 Å². The molecule has 0 unspecified atom stereocenters. The first-order valence-corrected chi connectivity index (χ1v) is 24.7. The summed E-state index contributed by atoms with van der Waals surface area (Å²) in [6, 6.07) is 59.5. The van der Waals surface area contributed by atoms with Crippen LogP contribution in [0, 0.1) is 5.41 Å². The third-order valence-corrected chi connectivity index (χ3v) is 13.1. The largest absolute Gasteiger partial charge is 0.503 e. The van der Waals surface area contributed by atoms with E-state index in [9.17, 15) is 5.48 Å². The zero-order valence-electron chi connectivity index (χ0n) is 48.4. The fraction of sp³-hybridized carbons (Fsp3) is 0.194. The van der Waals surface area contributed by atoms with E-state index in [0.717, 1.165) is 61.1 Å². The number of para-hydroxylation sites is 4. The van der Waals surface area contributed by atoms with Crippen LogP contribution < -0.4 is 13.9 Å². The van der Waals surface area contributed by atoms with Gasteiger partial charge in [0.2, 0.25) is 11.4 Å². The first-order valence-electron chi connectivity index (χ1n) is 27.7. The Labute approximate surface area is 433 Å². The Morgan fingerprint density at radius 3 is 1.86 bits per heavy atom. The molecule has 0 radical (unpaired) electrons. The topological polar surface area (TPSA) is 33.1 Å². The highest BCUT2D eigenvalue weighted by Crippen LogP contribution is 2.46. The van der Waals surface area contributed by atoms with E-state index in [1.54, 1.807) is 12.3 Å². The molecule has 0 spiro atoms. The number of benzene rings is 8. The van der Waals surface area contributed by atoms with Crippen LogP contribution in [-0.2, 0) is 17.2 Å². The molecule has 0 N–H and O–H groups in total. The number of hydrogen-bond acceptors (Lipinski definition) is 2. The van der Waals surface area contributed by atoms with Gasteiger partial charge in [-0.15, -0.1) is 0 Å². The van der Waals surface area contributed by atoms with Crippen molar-refractivity contribution in [3.63, 3.8) is 0 Å². The van der Waals surface area contributed by atoms with Gasteiger partial charge in [-0.2, -0.15) is 0 Å². The Morgan fingerprint density at radius 1 is 0.542 bits per heavy atom. The van der Waals surface area contributed by atoms with Crippen molar-refractivity contribution in [2.24, 2.45) is 5.41 Å². The second-order valence-electron chi connectivity index (χ2n) is 21.7. The molecule has 1 aliphatic rings. The van der Waals surface area contributed by atoms with Gasteiger partial charge in [-0.25, -0.2) is 4.98 Å². The maximum atomic E-state index is 9.97. The fourth-order valence-corrected chi connectivity index (χ4v) is 9.54. The molecule has 354 valence electrons. The Bertz CT molecular complexity index is 4070. The average Bonchev–Trinajstić information content (AvgIpc) is 4.05. The predicted octanol–water partition coefficient (Wildman–Crippen LogP) is 18.0. The third kappa shape index (κ3) is 8.98. The van der Waals surface area contributed by atoms with Crippen LogP contribution >= 0.6 is 0 Å². The van der Waals surface area contributed by atoms with Crippen molar-refractivity contribution >= 4 is 50.6 Å². The number of ether oxygens (including phenoxy) is 1. The van der Waals surface area contributed by atoms with Gasteiger partial charge in [0.1, 0.15) is 17.3 Å². The van der Waals surface area contributed by atoms with Gasteiger partial charge in [-0.05, 0) is 119 Å². The lowest BCUT2D eigenvalue weighted by Crippen LogP contribution is -2.16. The van der Waals surface area contributed by atoms with Gasteiger partial charge in [0, 0.05) is 44.0 Å². The summed E-state index contributed by atoms with van der Waals surface area (Å²) < 4.78 is 70.2. The molecule has 8 aromatic carbocycles. The summed E-state index contributed by atoms with van der Waals surface area (Å²) in [5, 5.41) is 2.05. The minimum absolute atomic E-state index is 0.177. The van der Waals surface area contributed by atoms with E-state index in [1.807, 2.05) is 176 Å². The van der Waals surface area contributed by atoms with Crippen LogP contribution in [0.1, 0.15) is 87.2 Å². The maximum absolute atomic E-state index is 9.97. The Morgan fingerprint density at radius 2 is 1.15 bits per heavy atom. The van der Waals surface area contributed by atoms with Crippen LogP contribution in [0.2, 0.25) is 0 Å². The molecule has 1 aliphatic heterocycles. The molecular formula is C67H62N4O+2. The molecule has 0 amide bonds. The predicted molar refractivity (Wildman–Crippen MR) is 303 cm³/mol. The van der Waals surface area contributed by atoms with Crippen LogP contribution in [0.5, 0.6) is 11.5 Å². The summed E-state index contributed by atoms with van der Waals surface area (Å²) in [6.07, 6.45) is 0.0639. The molecule has 3 heterocycles. The minimum atomic E-state index is -1.62. The van der Waals surface area contributed by atoms with Gasteiger partial charge >= 0.3 is 6.01 Å². The van der Waals surface area contributed by atoms with E-state index < -0.39 is 22.6 Å². The zero-order valence-corrected chi connectivity index (χ0v) is 42.4. The van der Waals surface area contributed by atoms with Crippen LogP contribution in [0.15, 0.2) is 200 Å². The van der Waals surface area contributed by atoms with Gasteiger partial charge in [-0.3, -0.25) is 4.57 Å². The molecule has 0 bridgehead atoms. The molecule has 0 atom stereocenters. The highest BCUT2D eigenvalue weighted by atomic mass is 16.5. The zero-order chi connectivity index (χ0) is 55.2. The van der Waals surface area contributed by atoms with Crippen molar-refractivity contribution in [3.8, 4) is 50.7 Å². The number of aromatic nitrogens is 2. The highest BCUT2D eigenvalue weighted by Gasteiger charge is 2.39. The average molecular weight is 945 g/mol. The van der Waals surface area contributed by atoms with Gasteiger partial charge in [0.15, 0.2) is 0 Å². The number of pyridine rings is 1. The van der Waals surface area contributed by atoms with Crippen molar-refractivity contribution in [2.75, 3.05) is 0 Å². The molecule has 72 heavy (non-hydrogen) atoms. The van der Waals surface area contributed by atoms with Crippen LogP contribution in [-0.4, -0.2) is 15.6 Å². The molecule has 11 rings (SSSR count). The first-order chi connectivity index (χ1) is 37.0. The number of rotatable bonds is 9. The lowest BCUT2D eigenvalue weighted by molar-refractivity contribution is 0.411. The molecule has 5 nitrogen and oxygen atoms in total. The van der Waals surface area contributed by atoms with E-state index in [2.05, 4.69) is 70.3 Å². The smallest absolute Gasteiger partial charge is 0.457 e. The molecule has 0 saturated carbocycles. The van der Waals surface area contributed by atoms with Gasteiger partial charge in [-0.1, -0.05) is 177 Å². The minimum Gasteiger partial charge on any atom is -0.457 e. The lowest BCUT2D eigenvalue weighted by Gasteiger charge is -2.26. The molecule has 10 aromatic rings. The van der Waals surface area contributed by atoms with Crippen molar-refractivity contribution in [2.45, 2.75) is 79.5 Å². The van der Waals surface area contributed by atoms with E-state index in [1.165, 1.54) is 0 Å². The van der Waals surface area contributed by atoms with Gasteiger partial charge < -0.3 is 4.74 Å². The Kier molecular flexibility index (Phi) is 9.86. The fourth-order valence-electron chi connectivity index (χ4n) is 9.54. The summed E-state index contributed by atoms with van der Waals surface area (Å²) in [5.41, 5.74) is 9.26. The number of hydrogen-bond donors (Lipinski definition) is 0. The first kappa shape index (κ1) is 39.6. The number of fused-ring (bicyclic) bond motifs is 4. The standard InChI is InChI=1S/C67H62N4O/c1-65(2,3)43-45-35-36-68-63(37-45)71-59-26-14-13-23-57(59)58-34-33-54(42-62(58)71)72-53-22-17-21-52(41-53)69-44-70(61-28-16-15-27-60(61)69)64-55(48-31-29-47(30-32-48)46-19-11-10-12-20-46)24-18-25-56(64)49-38-50(66(4,5)6)40-51(39-49)67(7,8)9/h10-42H,43H2,1-9H3/q+2/i31D,32D,38D,39D,43D2. The molecule has 0 saturated heterocycles. The van der Waals surface area contributed by atoms with E-state index in [-0.39, 0.29) is 24.2 Å². The van der Waals surface area contributed by atoms with Crippen LogP contribution in [0.4, 0.5) is 22.7 Å². The SMILES string of the molecule is [2H]c1cc(-c2ccccc2)cc([2H])c1-c1cccc(-c2c([2H])c(C(C)(C)C)cc(C(C)(C)C)c2[2H])c1[N+]1=C=[N+](c2cccc(Oc3ccc4c5ccccc5n(-c5cc(C([2H])([2H])C(C)(C)C)ccn5)c4c3)c2)c2ccccc21. The summed E-state index contributed by atoms with van der Waals surface area (Å²) >= 11 is 0. The summed E-state index contributed by atoms with van der Waals surface area (Å²) in [6.45, 7) is 18.3. The molecule has 0 fully saturated rings. The highest BCUT2D eigenvalue weighted by molar-refractivity contribution is 6.09.